The monoisotopic (exact) mass is 220 g/mol. The van der Waals surface area contributed by atoms with Gasteiger partial charge in [0.2, 0.25) is 0 Å². The zero-order valence-electron chi connectivity index (χ0n) is 10.5. The van der Waals surface area contributed by atoms with Crippen molar-refractivity contribution in [2.45, 2.75) is 33.6 Å². The van der Waals surface area contributed by atoms with Crippen LogP contribution in [0.15, 0.2) is 23.1 Å². The van der Waals surface area contributed by atoms with Crippen LogP contribution >= 0.6 is 0 Å². The van der Waals surface area contributed by atoms with Crippen molar-refractivity contribution in [1.29, 1.82) is 0 Å². The van der Waals surface area contributed by atoms with Crippen LogP contribution in [0.1, 0.15) is 39.2 Å². The van der Waals surface area contributed by atoms with E-state index >= 15 is 0 Å². The van der Waals surface area contributed by atoms with E-state index in [1.165, 1.54) is 6.07 Å². The van der Waals surface area contributed by atoms with Crippen LogP contribution in [0, 0.1) is 0 Å². The number of hydrogen-bond acceptors (Lipinski definition) is 3. The second-order valence-electron chi connectivity index (χ2n) is 4.10. The molecule has 88 valence electrons. The third kappa shape index (κ3) is 2.81. The highest BCUT2D eigenvalue weighted by atomic mass is 16.1. The zero-order valence-corrected chi connectivity index (χ0v) is 10.5. The van der Waals surface area contributed by atoms with Gasteiger partial charge in [-0.3, -0.25) is 4.79 Å². The molecule has 0 amide bonds. The van der Waals surface area contributed by atoms with Gasteiger partial charge in [-0.2, -0.15) is 0 Å². The first-order valence-electron chi connectivity index (χ1n) is 5.85. The summed E-state index contributed by atoms with van der Waals surface area (Å²) < 4.78 is 0. The predicted octanol–water partition coefficient (Wildman–Crippen LogP) is 2.41. The maximum Gasteiger partial charge on any atom is 0.180 e. The summed E-state index contributed by atoms with van der Waals surface area (Å²) in [5, 5.41) is 0. The fourth-order valence-electron chi connectivity index (χ4n) is 1.73. The first-order valence-corrected chi connectivity index (χ1v) is 5.85. The lowest BCUT2D eigenvalue weighted by atomic mass is 10.0. The van der Waals surface area contributed by atoms with Gasteiger partial charge in [-0.25, -0.2) is 4.98 Å². The highest BCUT2D eigenvalue weighted by Crippen LogP contribution is 2.22. The van der Waals surface area contributed by atoms with E-state index in [9.17, 15) is 4.79 Å². The van der Waals surface area contributed by atoms with Crippen molar-refractivity contribution in [2.24, 2.45) is 0 Å². The Hall–Kier alpha value is -1.38. The van der Waals surface area contributed by atoms with E-state index in [1.807, 2.05) is 0 Å². The van der Waals surface area contributed by atoms with Gasteiger partial charge in [-0.05, 0) is 25.8 Å². The molecule has 3 nitrogen and oxygen atoms in total. The number of nitrogens with zero attached hydrogens (tertiary/aromatic N) is 2. The standard InChI is InChI=1S/C13H20N2O/c1-5-15(6-2)13-12(10(3)4)9-11(16)7-8-14-13/h7-10H,5-6H2,1-4H3. The van der Waals surface area contributed by atoms with Gasteiger partial charge in [-0.15, -0.1) is 0 Å². The molecule has 0 saturated heterocycles. The third-order valence-electron chi connectivity index (χ3n) is 2.68. The van der Waals surface area contributed by atoms with Crippen LogP contribution in [0.25, 0.3) is 0 Å². The van der Waals surface area contributed by atoms with Crippen LogP contribution in [0.2, 0.25) is 0 Å². The first-order chi connectivity index (χ1) is 7.60. The zero-order chi connectivity index (χ0) is 12.1. The highest BCUT2D eigenvalue weighted by Gasteiger charge is 2.11. The molecule has 1 aromatic heterocycles. The van der Waals surface area contributed by atoms with Crippen LogP contribution in [0.4, 0.5) is 5.82 Å². The van der Waals surface area contributed by atoms with Gasteiger partial charge < -0.3 is 4.90 Å². The van der Waals surface area contributed by atoms with Gasteiger partial charge in [0.05, 0.1) is 0 Å². The summed E-state index contributed by atoms with van der Waals surface area (Å²) in [6.45, 7) is 10.2. The van der Waals surface area contributed by atoms with Crippen LogP contribution < -0.4 is 10.3 Å². The van der Waals surface area contributed by atoms with Gasteiger partial charge in [0.1, 0.15) is 5.82 Å². The minimum atomic E-state index is 0.0228. The molecule has 3 heteroatoms. The van der Waals surface area contributed by atoms with Crippen LogP contribution in [-0.4, -0.2) is 18.1 Å². The minimum Gasteiger partial charge on any atom is -0.357 e. The van der Waals surface area contributed by atoms with Gasteiger partial charge in [0.15, 0.2) is 5.43 Å². The number of anilines is 1. The van der Waals surface area contributed by atoms with Crippen molar-refractivity contribution >= 4 is 5.82 Å². The molecule has 0 fully saturated rings. The van der Waals surface area contributed by atoms with Crippen molar-refractivity contribution in [1.82, 2.24) is 4.98 Å². The second-order valence-corrected chi connectivity index (χ2v) is 4.10. The predicted molar refractivity (Wildman–Crippen MR) is 68.2 cm³/mol. The SMILES string of the molecule is CCN(CC)c1nccc(=O)cc1C(C)C. The molecule has 0 bridgehead atoms. The van der Waals surface area contributed by atoms with Crippen molar-refractivity contribution in [3.05, 3.63) is 34.1 Å². The molecule has 1 rings (SSSR count). The maximum absolute atomic E-state index is 11.5. The summed E-state index contributed by atoms with van der Waals surface area (Å²) in [7, 11) is 0. The normalized spacial score (nSPS) is 10.6. The molecule has 0 atom stereocenters. The van der Waals surface area contributed by atoms with E-state index in [0.717, 1.165) is 24.5 Å². The summed E-state index contributed by atoms with van der Waals surface area (Å²) in [5.74, 6) is 1.24. The fraction of sp³-hybridized carbons (Fsp3) is 0.538. The van der Waals surface area contributed by atoms with Crippen molar-refractivity contribution in [3.63, 3.8) is 0 Å². The quantitative estimate of drug-likeness (QED) is 0.781. The molecular weight excluding hydrogens is 200 g/mol. The molecule has 0 aromatic carbocycles. The van der Waals surface area contributed by atoms with Gasteiger partial charge in [0, 0.05) is 30.9 Å². The van der Waals surface area contributed by atoms with Crippen LogP contribution in [0.5, 0.6) is 0 Å². The molecule has 0 unspecified atom stereocenters. The summed E-state index contributed by atoms with van der Waals surface area (Å²) in [5.41, 5.74) is 1.05. The smallest absolute Gasteiger partial charge is 0.180 e. The summed E-state index contributed by atoms with van der Waals surface area (Å²) in [6.07, 6.45) is 1.60. The summed E-state index contributed by atoms with van der Waals surface area (Å²) >= 11 is 0. The Kier molecular flexibility index (Phi) is 4.47. The maximum atomic E-state index is 11.5. The van der Waals surface area contributed by atoms with E-state index < -0.39 is 0 Å². The van der Waals surface area contributed by atoms with Gasteiger partial charge >= 0.3 is 0 Å². The lowest BCUT2D eigenvalue weighted by Crippen LogP contribution is -2.24. The average molecular weight is 220 g/mol. The highest BCUT2D eigenvalue weighted by molar-refractivity contribution is 5.47. The Labute approximate surface area is 97.1 Å². The Balaban J connectivity index is 3.37. The lowest BCUT2D eigenvalue weighted by molar-refractivity contribution is 0.802. The molecule has 0 saturated carbocycles. The lowest BCUT2D eigenvalue weighted by Gasteiger charge is -2.22. The molecule has 0 aliphatic carbocycles. The molecule has 16 heavy (non-hydrogen) atoms. The largest absolute Gasteiger partial charge is 0.357 e. The topological polar surface area (TPSA) is 33.2 Å². The molecule has 1 aromatic rings. The second kappa shape index (κ2) is 5.64. The summed E-state index contributed by atoms with van der Waals surface area (Å²) in [6, 6.07) is 3.21. The molecular formula is C13H20N2O. The molecule has 0 spiro atoms. The molecule has 0 N–H and O–H groups in total. The van der Waals surface area contributed by atoms with Crippen molar-refractivity contribution < 1.29 is 0 Å². The molecule has 0 radical (unpaired) electrons. The van der Waals surface area contributed by atoms with E-state index in [4.69, 9.17) is 0 Å². The first kappa shape index (κ1) is 12.7. The number of rotatable bonds is 4. The Morgan fingerprint density at radius 1 is 1.31 bits per heavy atom. The van der Waals surface area contributed by atoms with E-state index in [2.05, 4.69) is 37.6 Å². The van der Waals surface area contributed by atoms with E-state index in [-0.39, 0.29) is 5.43 Å². The van der Waals surface area contributed by atoms with Crippen LogP contribution in [-0.2, 0) is 0 Å². The van der Waals surface area contributed by atoms with Gasteiger partial charge in [-0.1, -0.05) is 13.8 Å². The van der Waals surface area contributed by atoms with Crippen molar-refractivity contribution in [3.8, 4) is 0 Å². The Morgan fingerprint density at radius 2 is 1.94 bits per heavy atom. The molecule has 0 aliphatic heterocycles. The third-order valence-corrected chi connectivity index (χ3v) is 2.68. The fourth-order valence-corrected chi connectivity index (χ4v) is 1.73. The average Bonchev–Trinajstić information content (AvgIpc) is 2.43. The number of hydrogen-bond donors (Lipinski definition) is 0. The van der Waals surface area contributed by atoms with E-state index in [1.54, 1.807) is 12.3 Å². The van der Waals surface area contributed by atoms with Gasteiger partial charge in [0.25, 0.3) is 0 Å². The summed E-state index contributed by atoms with van der Waals surface area (Å²) in [4.78, 5) is 18.1. The van der Waals surface area contributed by atoms with E-state index in [0.29, 0.717) is 5.92 Å². The van der Waals surface area contributed by atoms with Crippen molar-refractivity contribution in [2.75, 3.05) is 18.0 Å². The van der Waals surface area contributed by atoms with Crippen LogP contribution in [0.3, 0.4) is 0 Å². The number of aromatic nitrogens is 1. The molecule has 0 aliphatic rings. The Morgan fingerprint density at radius 3 is 2.44 bits per heavy atom. The molecule has 1 heterocycles. The minimum absolute atomic E-state index is 0.0228. The Bertz CT molecular complexity index is 397.